The van der Waals surface area contributed by atoms with Crippen molar-refractivity contribution in [3.63, 3.8) is 0 Å². The van der Waals surface area contributed by atoms with E-state index in [-0.39, 0.29) is 17.4 Å². The van der Waals surface area contributed by atoms with E-state index in [4.69, 9.17) is 21.4 Å². The van der Waals surface area contributed by atoms with Gasteiger partial charge in [0.1, 0.15) is 11.5 Å². The lowest BCUT2D eigenvalue weighted by atomic mass is 10.1. The Hall–Kier alpha value is -1.72. The average molecular weight is 331 g/mol. The number of rotatable bonds is 5. The molecule has 1 N–H and O–H groups in total. The molecule has 2 aromatic rings. The van der Waals surface area contributed by atoms with Crippen molar-refractivity contribution in [1.29, 1.82) is 0 Å². The summed E-state index contributed by atoms with van der Waals surface area (Å²) in [5.41, 5.74) is 0.0970. The first-order chi connectivity index (χ1) is 10.4. The molecular formula is C16H14ClF3O2. The van der Waals surface area contributed by atoms with Gasteiger partial charge in [0.25, 0.3) is 0 Å². The largest absolute Gasteiger partial charge is 0.457 e. The second-order valence-electron chi connectivity index (χ2n) is 4.71. The minimum atomic E-state index is -4.52. The van der Waals surface area contributed by atoms with Crippen LogP contribution in [0.1, 0.15) is 17.5 Å². The number of ether oxygens (including phenoxy) is 1. The van der Waals surface area contributed by atoms with E-state index in [2.05, 4.69) is 0 Å². The minimum Gasteiger partial charge on any atom is -0.457 e. The Kier molecular flexibility index (Phi) is 5.32. The van der Waals surface area contributed by atoms with Crippen LogP contribution in [0.15, 0.2) is 42.5 Å². The topological polar surface area (TPSA) is 29.5 Å². The van der Waals surface area contributed by atoms with E-state index in [1.165, 1.54) is 6.07 Å². The van der Waals surface area contributed by atoms with Gasteiger partial charge in [0, 0.05) is 6.61 Å². The zero-order valence-corrected chi connectivity index (χ0v) is 12.3. The summed E-state index contributed by atoms with van der Waals surface area (Å²) in [5, 5.41) is 8.40. The number of hydrogen-bond acceptors (Lipinski definition) is 2. The molecule has 2 nitrogen and oxygen atoms in total. The first-order valence-electron chi connectivity index (χ1n) is 6.64. The summed E-state index contributed by atoms with van der Waals surface area (Å²) in [5.74, 6) is 0.503. The number of hydrogen-bond donors (Lipinski definition) is 1. The molecule has 118 valence electrons. The van der Waals surface area contributed by atoms with E-state index < -0.39 is 11.7 Å². The Morgan fingerprint density at radius 3 is 2.23 bits per heavy atom. The van der Waals surface area contributed by atoms with Gasteiger partial charge < -0.3 is 9.84 Å². The molecule has 2 aromatic carbocycles. The zero-order valence-electron chi connectivity index (χ0n) is 11.5. The fourth-order valence-electron chi connectivity index (χ4n) is 1.93. The van der Waals surface area contributed by atoms with Crippen LogP contribution in [0.4, 0.5) is 13.2 Å². The van der Waals surface area contributed by atoms with Gasteiger partial charge in [-0.1, -0.05) is 23.7 Å². The number of aliphatic hydroxyl groups is 1. The van der Waals surface area contributed by atoms with Gasteiger partial charge in [-0.3, -0.25) is 0 Å². The highest BCUT2D eigenvalue weighted by Crippen LogP contribution is 2.37. The minimum absolute atomic E-state index is 0.0693. The fraction of sp³-hybridized carbons (Fsp3) is 0.250. The zero-order chi connectivity index (χ0) is 16.2. The maximum absolute atomic E-state index is 12.8. The molecule has 0 radical (unpaired) electrons. The van der Waals surface area contributed by atoms with Crippen LogP contribution >= 0.6 is 11.6 Å². The Labute approximate surface area is 131 Å². The van der Waals surface area contributed by atoms with Gasteiger partial charge in [-0.05, 0) is 48.7 Å². The third-order valence-corrected chi connectivity index (χ3v) is 3.36. The highest BCUT2D eigenvalue weighted by molar-refractivity contribution is 6.31. The number of halogens is 4. The molecule has 22 heavy (non-hydrogen) atoms. The number of aliphatic hydroxyl groups excluding tert-OH is 1. The molecule has 0 aliphatic rings. The molecule has 6 heteroatoms. The normalized spacial score (nSPS) is 11.5. The van der Waals surface area contributed by atoms with Crippen molar-refractivity contribution in [2.45, 2.75) is 19.0 Å². The van der Waals surface area contributed by atoms with E-state index in [0.29, 0.717) is 12.2 Å². The monoisotopic (exact) mass is 330 g/mol. The summed E-state index contributed by atoms with van der Waals surface area (Å²) < 4.78 is 43.8. The van der Waals surface area contributed by atoms with Crippen LogP contribution in [0.5, 0.6) is 11.5 Å². The lowest BCUT2D eigenvalue weighted by Crippen LogP contribution is -2.05. The van der Waals surface area contributed by atoms with Crippen molar-refractivity contribution < 1.29 is 23.0 Å². The van der Waals surface area contributed by atoms with E-state index in [1.54, 1.807) is 12.1 Å². The standard InChI is InChI=1S/C16H14ClF3O2/c17-15-8-7-13(10-14(15)16(18,19)20)22-12-5-3-11(4-6-12)2-1-9-21/h3-8,10,21H,1-2,9H2. The van der Waals surface area contributed by atoms with Crippen molar-refractivity contribution in [3.8, 4) is 11.5 Å². The molecule has 0 aliphatic carbocycles. The maximum atomic E-state index is 12.8. The summed E-state index contributed by atoms with van der Waals surface area (Å²) in [4.78, 5) is 0. The molecule has 0 spiro atoms. The van der Waals surface area contributed by atoms with Gasteiger partial charge in [-0.2, -0.15) is 13.2 Å². The van der Waals surface area contributed by atoms with E-state index >= 15 is 0 Å². The lowest BCUT2D eigenvalue weighted by Gasteiger charge is -2.12. The molecule has 0 amide bonds. The highest BCUT2D eigenvalue weighted by atomic mass is 35.5. The predicted molar refractivity (Wildman–Crippen MR) is 78.4 cm³/mol. The van der Waals surface area contributed by atoms with Crippen molar-refractivity contribution in [2.75, 3.05) is 6.61 Å². The molecule has 0 bridgehead atoms. The van der Waals surface area contributed by atoms with Gasteiger partial charge in [-0.15, -0.1) is 0 Å². The number of aryl methyl sites for hydroxylation is 1. The Morgan fingerprint density at radius 2 is 1.64 bits per heavy atom. The van der Waals surface area contributed by atoms with E-state index in [9.17, 15) is 13.2 Å². The molecule has 0 heterocycles. The third-order valence-electron chi connectivity index (χ3n) is 3.03. The first-order valence-corrected chi connectivity index (χ1v) is 7.02. The van der Waals surface area contributed by atoms with Gasteiger partial charge in [-0.25, -0.2) is 0 Å². The molecule has 0 fully saturated rings. The van der Waals surface area contributed by atoms with Crippen LogP contribution < -0.4 is 4.74 Å². The first kappa shape index (κ1) is 16.6. The second kappa shape index (κ2) is 7.03. The molecular weight excluding hydrogens is 317 g/mol. The van der Waals surface area contributed by atoms with Crippen molar-refractivity contribution in [2.24, 2.45) is 0 Å². The molecule has 0 saturated heterocycles. The number of alkyl halides is 3. The van der Waals surface area contributed by atoms with Gasteiger partial charge in [0.15, 0.2) is 0 Å². The summed E-state index contributed by atoms with van der Waals surface area (Å²) in [7, 11) is 0. The molecule has 0 saturated carbocycles. The van der Waals surface area contributed by atoms with E-state index in [0.717, 1.165) is 24.1 Å². The fourth-order valence-corrected chi connectivity index (χ4v) is 2.15. The van der Waals surface area contributed by atoms with Crippen LogP contribution in [0.2, 0.25) is 5.02 Å². The summed E-state index contributed by atoms with van der Waals surface area (Å²) >= 11 is 5.56. The maximum Gasteiger partial charge on any atom is 0.417 e. The SMILES string of the molecule is OCCCc1ccc(Oc2ccc(Cl)c(C(F)(F)F)c2)cc1. The predicted octanol–water partition coefficient (Wildman–Crippen LogP) is 5.08. The Morgan fingerprint density at radius 1 is 1.00 bits per heavy atom. The van der Waals surface area contributed by atoms with Crippen LogP contribution in [0.3, 0.4) is 0 Å². The van der Waals surface area contributed by atoms with Crippen molar-refractivity contribution in [1.82, 2.24) is 0 Å². The molecule has 0 aromatic heterocycles. The van der Waals surface area contributed by atoms with Crippen molar-refractivity contribution >= 4 is 11.6 Å². The Bertz CT molecular complexity index is 624. The smallest absolute Gasteiger partial charge is 0.417 e. The van der Waals surface area contributed by atoms with Crippen LogP contribution in [-0.4, -0.2) is 11.7 Å². The molecule has 2 rings (SSSR count). The van der Waals surface area contributed by atoms with Gasteiger partial charge in [0.2, 0.25) is 0 Å². The summed E-state index contributed by atoms with van der Waals surface area (Å²) in [6.07, 6.45) is -3.13. The van der Waals surface area contributed by atoms with Crippen LogP contribution in [0.25, 0.3) is 0 Å². The van der Waals surface area contributed by atoms with Gasteiger partial charge >= 0.3 is 6.18 Å². The van der Waals surface area contributed by atoms with Crippen molar-refractivity contribution in [3.05, 3.63) is 58.6 Å². The Balaban J connectivity index is 2.14. The molecule has 0 aliphatic heterocycles. The van der Waals surface area contributed by atoms with Gasteiger partial charge in [0.05, 0.1) is 10.6 Å². The van der Waals surface area contributed by atoms with Crippen LogP contribution in [0, 0.1) is 0 Å². The molecule has 0 atom stereocenters. The third kappa shape index (κ3) is 4.39. The average Bonchev–Trinajstić information content (AvgIpc) is 2.47. The highest BCUT2D eigenvalue weighted by Gasteiger charge is 2.33. The summed E-state index contributed by atoms with van der Waals surface area (Å²) in [6.45, 7) is 0.114. The number of benzene rings is 2. The van der Waals surface area contributed by atoms with E-state index in [1.807, 2.05) is 12.1 Å². The van der Waals surface area contributed by atoms with Crippen LogP contribution in [-0.2, 0) is 12.6 Å². The second-order valence-corrected chi connectivity index (χ2v) is 5.12. The summed E-state index contributed by atoms with van der Waals surface area (Å²) in [6, 6.07) is 10.4. The molecule has 0 unspecified atom stereocenters. The quantitative estimate of drug-likeness (QED) is 0.828. The lowest BCUT2D eigenvalue weighted by molar-refractivity contribution is -0.137.